The lowest BCUT2D eigenvalue weighted by Crippen LogP contribution is -2.56. The van der Waals surface area contributed by atoms with E-state index in [0.717, 1.165) is 19.6 Å². The Balaban J connectivity index is 1.71. The molecule has 0 saturated carbocycles. The highest BCUT2D eigenvalue weighted by Crippen LogP contribution is 2.25. The maximum absolute atomic E-state index is 12.7. The molecule has 114 valence electrons. The zero-order chi connectivity index (χ0) is 14.8. The lowest BCUT2D eigenvalue weighted by atomic mass is 10.1. The van der Waals surface area contributed by atoms with E-state index in [1.165, 1.54) is 19.4 Å². The summed E-state index contributed by atoms with van der Waals surface area (Å²) in [7, 11) is 0. The van der Waals surface area contributed by atoms with Gasteiger partial charge in [-0.1, -0.05) is 0 Å². The van der Waals surface area contributed by atoms with Crippen LogP contribution in [-0.2, 0) is 0 Å². The second-order valence-corrected chi connectivity index (χ2v) is 5.93. The van der Waals surface area contributed by atoms with Crippen LogP contribution < -0.4 is 5.32 Å². The molecule has 6 heteroatoms. The molecule has 0 aliphatic carbocycles. The van der Waals surface area contributed by atoms with Crippen LogP contribution in [0.3, 0.4) is 0 Å². The van der Waals surface area contributed by atoms with Gasteiger partial charge in [-0.05, 0) is 45.4 Å². The molecular weight excluding hydrogens is 266 g/mol. The summed E-state index contributed by atoms with van der Waals surface area (Å²) in [5, 5.41) is 11.2. The van der Waals surface area contributed by atoms with E-state index in [-0.39, 0.29) is 11.9 Å². The Labute approximate surface area is 125 Å². The van der Waals surface area contributed by atoms with E-state index in [1.54, 1.807) is 6.07 Å². The third-order valence-electron chi connectivity index (χ3n) is 4.44. The number of carbonyl (C=O) groups is 1. The van der Waals surface area contributed by atoms with Gasteiger partial charge >= 0.3 is 0 Å². The van der Waals surface area contributed by atoms with Gasteiger partial charge in [0, 0.05) is 31.7 Å². The van der Waals surface area contributed by atoms with Crippen molar-refractivity contribution in [2.24, 2.45) is 0 Å². The van der Waals surface area contributed by atoms with Gasteiger partial charge in [0.15, 0.2) is 5.69 Å². The number of amides is 1. The quantitative estimate of drug-likeness (QED) is 0.906. The Kier molecular flexibility index (Phi) is 4.05. The molecule has 1 aromatic rings. The average Bonchev–Trinajstić information content (AvgIpc) is 2.94. The van der Waals surface area contributed by atoms with Gasteiger partial charge in [0.25, 0.3) is 5.91 Å². The third kappa shape index (κ3) is 2.85. The molecule has 0 spiro atoms. The maximum Gasteiger partial charge on any atom is 0.274 e. The number of rotatable bonds is 3. The first-order valence-corrected chi connectivity index (χ1v) is 7.81. The highest BCUT2D eigenvalue weighted by Gasteiger charge is 2.37. The lowest BCUT2D eigenvalue weighted by Gasteiger charge is -2.42. The number of hydrogen-bond acceptors (Lipinski definition) is 5. The van der Waals surface area contributed by atoms with Gasteiger partial charge in [0.05, 0.1) is 0 Å². The number of anilines is 1. The van der Waals surface area contributed by atoms with Crippen molar-refractivity contribution in [2.45, 2.75) is 38.8 Å². The van der Waals surface area contributed by atoms with Crippen LogP contribution in [0.4, 0.5) is 5.82 Å². The Morgan fingerprint density at radius 1 is 1.38 bits per heavy atom. The van der Waals surface area contributed by atoms with E-state index in [0.29, 0.717) is 17.6 Å². The molecule has 2 saturated heterocycles. The highest BCUT2D eigenvalue weighted by molar-refractivity contribution is 5.92. The second kappa shape index (κ2) is 5.97. The van der Waals surface area contributed by atoms with Crippen LogP contribution in [0.5, 0.6) is 0 Å². The van der Waals surface area contributed by atoms with Crippen LogP contribution in [0.25, 0.3) is 0 Å². The van der Waals surface area contributed by atoms with Crippen molar-refractivity contribution in [2.75, 3.05) is 31.5 Å². The van der Waals surface area contributed by atoms with Gasteiger partial charge in [-0.2, -0.15) is 0 Å². The van der Waals surface area contributed by atoms with Crippen LogP contribution in [0.15, 0.2) is 12.1 Å². The minimum Gasteiger partial charge on any atom is -0.369 e. The standard InChI is InChI=1S/C15H23N5O/c1-3-16-14-7-6-13(17-18-14)15(21)20-10-12-5-4-8-19(12)9-11(20)2/h6-7,11-12H,3-5,8-10H2,1-2H3,(H,16,18). The Hall–Kier alpha value is -1.69. The molecule has 2 aliphatic rings. The van der Waals surface area contributed by atoms with Crippen LogP contribution in [-0.4, -0.2) is 64.2 Å². The van der Waals surface area contributed by atoms with Crippen LogP contribution in [0, 0.1) is 0 Å². The summed E-state index contributed by atoms with van der Waals surface area (Å²) >= 11 is 0. The summed E-state index contributed by atoms with van der Waals surface area (Å²) in [6.45, 7) is 7.88. The molecule has 2 unspecified atom stereocenters. The number of nitrogens with zero attached hydrogens (tertiary/aromatic N) is 4. The number of fused-ring (bicyclic) bond motifs is 1. The van der Waals surface area contributed by atoms with E-state index in [9.17, 15) is 4.79 Å². The molecule has 1 N–H and O–H groups in total. The van der Waals surface area contributed by atoms with E-state index in [4.69, 9.17) is 0 Å². The van der Waals surface area contributed by atoms with Crippen molar-refractivity contribution in [3.63, 3.8) is 0 Å². The molecule has 2 atom stereocenters. The zero-order valence-corrected chi connectivity index (χ0v) is 12.7. The SMILES string of the molecule is CCNc1ccc(C(=O)N2CC3CCCN3CC2C)nn1. The minimum absolute atomic E-state index is 0.00426. The lowest BCUT2D eigenvalue weighted by molar-refractivity contribution is 0.0389. The van der Waals surface area contributed by atoms with Gasteiger partial charge in [-0.3, -0.25) is 9.69 Å². The van der Waals surface area contributed by atoms with E-state index < -0.39 is 0 Å². The Bertz CT molecular complexity index is 503. The summed E-state index contributed by atoms with van der Waals surface area (Å²) in [6, 6.07) is 4.35. The van der Waals surface area contributed by atoms with Crippen LogP contribution in [0.1, 0.15) is 37.2 Å². The first-order chi connectivity index (χ1) is 10.2. The molecular formula is C15H23N5O. The predicted octanol–water partition coefficient (Wildman–Crippen LogP) is 1.22. The molecule has 0 aromatic carbocycles. The van der Waals surface area contributed by atoms with Gasteiger partial charge in [0.1, 0.15) is 5.82 Å². The summed E-state index contributed by atoms with van der Waals surface area (Å²) in [5.41, 5.74) is 0.440. The molecule has 2 aliphatic heterocycles. The van der Waals surface area contributed by atoms with Gasteiger partial charge < -0.3 is 10.2 Å². The number of hydrogen-bond donors (Lipinski definition) is 1. The van der Waals surface area contributed by atoms with Crippen LogP contribution in [0.2, 0.25) is 0 Å². The topological polar surface area (TPSA) is 61.4 Å². The van der Waals surface area contributed by atoms with Crippen molar-refractivity contribution in [1.29, 1.82) is 0 Å². The fourth-order valence-corrected chi connectivity index (χ4v) is 3.34. The molecule has 2 fully saturated rings. The number of carbonyl (C=O) groups excluding carboxylic acids is 1. The predicted molar refractivity (Wildman–Crippen MR) is 81.3 cm³/mol. The van der Waals surface area contributed by atoms with Crippen molar-refractivity contribution in [3.05, 3.63) is 17.8 Å². The Morgan fingerprint density at radius 3 is 2.95 bits per heavy atom. The van der Waals surface area contributed by atoms with Crippen molar-refractivity contribution < 1.29 is 4.79 Å². The average molecular weight is 289 g/mol. The van der Waals surface area contributed by atoms with E-state index >= 15 is 0 Å². The molecule has 21 heavy (non-hydrogen) atoms. The highest BCUT2D eigenvalue weighted by atomic mass is 16.2. The number of nitrogens with one attached hydrogen (secondary N) is 1. The molecule has 1 amide bonds. The molecule has 6 nitrogen and oxygen atoms in total. The van der Waals surface area contributed by atoms with E-state index in [2.05, 4.69) is 27.3 Å². The van der Waals surface area contributed by atoms with E-state index in [1.807, 2.05) is 17.9 Å². The summed E-state index contributed by atoms with van der Waals surface area (Å²) in [5.74, 6) is 0.715. The third-order valence-corrected chi connectivity index (χ3v) is 4.44. The molecule has 0 bridgehead atoms. The monoisotopic (exact) mass is 289 g/mol. The Morgan fingerprint density at radius 2 is 2.24 bits per heavy atom. The zero-order valence-electron chi connectivity index (χ0n) is 12.7. The van der Waals surface area contributed by atoms with Gasteiger partial charge in [-0.15, -0.1) is 10.2 Å². The second-order valence-electron chi connectivity index (χ2n) is 5.93. The smallest absolute Gasteiger partial charge is 0.274 e. The first-order valence-electron chi connectivity index (χ1n) is 7.81. The van der Waals surface area contributed by atoms with Crippen molar-refractivity contribution in [3.8, 4) is 0 Å². The normalized spacial score (nSPS) is 25.7. The van der Waals surface area contributed by atoms with Crippen molar-refractivity contribution in [1.82, 2.24) is 20.0 Å². The molecule has 0 radical (unpaired) electrons. The maximum atomic E-state index is 12.7. The molecule has 1 aromatic heterocycles. The summed E-state index contributed by atoms with van der Waals surface area (Å²) in [6.07, 6.45) is 2.44. The van der Waals surface area contributed by atoms with Gasteiger partial charge in [0.2, 0.25) is 0 Å². The van der Waals surface area contributed by atoms with Gasteiger partial charge in [-0.25, -0.2) is 0 Å². The fourth-order valence-electron chi connectivity index (χ4n) is 3.34. The first kappa shape index (κ1) is 14.3. The largest absolute Gasteiger partial charge is 0.369 e. The number of piperazine rings is 1. The van der Waals surface area contributed by atoms with Crippen LogP contribution >= 0.6 is 0 Å². The fraction of sp³-hybridized carbons (Fsp3) is 0.667. The minimum atomic E-state index is 0.00426. The number of aromatic nitrogens is 2. The summed E-state index contributed by atoms with van der Waals surface area (Å²) < 4.78 is 0. The molecule has 3 heterocycles. The van der Waals surface area contributed by atoms with Crippen molar-refractivity contribution >= 4 is 11.7 Å². The molecule has 3 rings (SSSR count). The summed E-state index contributed by atoms with van der Waals surface area (Å²) in [4.78, 5) is 17.1.